The molecule has 4 N–H and O–H groups in total. The smallest absolute Gasteiger partial charge is 0.410 e. The van der Waals surface area contributed by atoms with Gasteiger partial charge in [-0.2, -0.15) is 0 Å². The van der Waals surface area contributed by atoms with Crippen molar-refractivity contribution in [3.05, 3.63) is 22.8 Å². The molecule has 16 heavy (non-hydrogen) atoms. The van der Waals surface area contributed by atoms with Crippen molar-refractivity contribution >= 4 is 40.8 Å². The van der Waals surface area contributed by atoms with Crippen LogP contribution in [0.15, 0.2) is 12.3 Å². The lowest BCUT2D eigenvalue weighted by Gasteiger charge is -2.08. The van der Waals surface area contributed by atoms with Crippen LogP contribution in [0.1, 0.15) is 5.56 Å². The Bertz CT molecular complexity index is 427. The molecule has 0 aliphatic heterocycles. The van der Waals surface area contributed by atoms with E-state index in [1.165, 1.54) is 12.3 Å². The molecule has 0 aromatic carbocycles. The van der Waals surface area contributed by atoms with Crippen LogP contribution >= 0.6 is 23.8 Å². The van der Waals surface area contributed by atoms with Crippen molar-refractivity contribution in [1.29, 1.82) is 0 Å². The topological polar surface area (TPSA) is 94.5 Å². The zero-order chi connectivity index (χ0) is 12.1. The van der Waals surface area contributed by atoms with E-state index in [0.29, 0.717) is 5.56 Å². The van der Waals surface area contributed by atoms with E-state index >= 15 is 0 Å². The van der Waals surface area contributed by atoms with Gasteiger partial charge in [0.1, 0.15) is 0 Å². The maximum absolute atomic E-state index is 10.3. The van der Waals surface area contributed by atoms with Crippen LogP contribution in [0.3, 0.4) is 0 Å². The summed E-state index contributed by atoms with van der Waals surface area (Å²) in [4.78, 5) is 14.1. The van der Waals surface area contributed by atoms with Crippen LogP contribution in [0.25, 0.3) is 0 Å². The molecule has 0 fully saturated rings. The maximum Gasteiger partial charge on any atom is 0.410 e. The van der Waals surface area contributed by atoms with Gasteiger partial charge in [0.15, 0.2) is 10.9 Å². The highest BCUT2D eigenvalue weighted by Crippen LogP contribution is 2.19. The fourth-order valence-corrected chi connectivity index (χ4v) is 1.31. The Balaban J connectivity index is 2.74. The molecule has 0 radical (unpaired) electrons. The second-order valence-electron chi connectivity index (χ2n) is 2.72. The van der Waals surface area contributed by atoms with Crippen molar-refractivity contribution in [2.75, 3.05) is 5.32 Å². The lowest BCUT2D eigenvalue weighted by molar-refractivity contribution is 0.200. The number of aromatic nitrogens is 1. The molecule has 0 atom stereocenters. The normalized spacial score (nSPS) is 9.62. The summed E-state index contributed by atoms with van der Waals surface area (Å²) < 4.78 is 0. The number of hydrogen-bond acceptors (Lipinski definition) is 4. The lowest BCUT2D eigenvalue weighted by Crippen LogP contribution is -2.33. The van der Waals surface area contributed by atoms with E-state index < -0.39 is 6.09 Å². The molecule has 0 unspecified atom stereocenters. The van der Waals surface area contributed by atoms with Crippen LogP contribution in [0, 0.1) is 0 Å². The molecule has 0 spiro atoms. The quantitative estimate of drug-likeness (QED) is 0.598. The van der Waals surface area contributed by atoms with Gasteiger partial charge in [-0.1, -0.05) is 11.6 Å². The molecular formula is C8H8ClN3O3S. The number of carboxylic acid groups (broad SMARTS) is 1. The van der Waals surface area contributed by atoms with Crippen LogP contribution in [0.4, 0.5) is 10.6 Å². The van der Waals surface area contributed by atoms with Crippen molar-refractivity contribution in [2.45, 2.75) is 6.61 Å². The van der Waals surface area contributed by atoms with Crippen molar-refractivity contribution in [3.8, 4) is 0 Å². The molecule has 6 nitrogen and oxygen atoms in total. The molecule has 8 heteroatoms. The zero-order valence-corrected chi connectivity index (χ0v) is 9.47. The third-order valence-corrected chi connectivity index (χ3v) is 2.03. The van der Waals surface area contributed by atoms with Gasteiger partial charge in [0, 0.05) is 6.20 Å². The number of anilines is 1. The number of carbonyl (C=O) groups is 1. The maximum atomic E-state index is 10.3. The molecule has 0 bridgehead atoms. The van der Waals surface area contributed by atoms with Crippen LogP contribution in [-0.4, -0.2) is 26.4 Å². The average molecular weight is 262 g/mol. The Hall–Kier alpha value is -1.44. The average Bonchev–Trinajstić information content (AvgIpc) is 2.19. The number of nitrogens with zero attached hydrogens (tertiary/aromatic N) is 1. The van der Waals surface area contributed by atoms with Gasteiger partial charge in [-0.3, -0.25) is 5.32 Å². The first-order valence-electron chi connectivity index (χ1n) is 4.09. The number of halogens is 1. The first kappa shape index (κ1) is 12.6. The summed E-state index contributed by atoms with van der Waals surface area (Å²) in [6, 6.07) is 1.50. The zero-order valence-electron chi connectivity index (χ0n) is 7.90. The van der Waals surface area contributed by atoms with Crippen LogP contribution in [0.2, 0.25) is 5.02 Å². The van der Waals surface area contributed by atoms with E-state index in [1.54, 1.807) is 0 Å². The fourth-order valence-electron chi connectivity index (χ4n) is 0.892. The Morgan fingerprint density at radius 1 is 1.62 bits per heavy atom. The van der Waals surface area contributed by atoms with Gasteiger partial charge < -0.3 is 15.5 Å². The highest BCUT2D eigenvalue weighted by atomic mass is 35.5. The summed E-state index contributed by atoms with van der Waals surface area (Å²) >= 11 is 10.5. The van der Waals surface area contributed by atoms with E-state index in [9.17, 15) is 4.79 Å². The van der Waals surface area contributed by atoms with Crippen LogP contribution in [-0.2, 0) is 6.61 Å². The number of rotatable bonds is 2. The number of aliphatic hydroxyl groups excluding tert-OH is 1. The molecule has 0 aliphatic rings. The van der Waals surface area contributed by atoms with Gasteiger partial charge in [-0.05, 0) is 23.8 Å². The van der Waals surface area contributed by atoms with Gasteiger partial charge in [0.05, 0.1) is 11.6 Å². The molecule has 1 aromatic heterocycles. The minimum Gasteiger partial charge on any atom is -0.465 e. The van der Waals surface area contributed by atoms with Gasteiger partial charge >= 0.3 is 6.09 Å². The predicted molar refractivity (Wildman–Crippen MR) is 62.6 cm³/mol. The first-order valence-corrected chi connectivity index (χ1v) is 4.87. The Morgan fingerprint density at radius 2 is 2.31 bits per heavy atom. The number of thiocarbonyl (C=S) groups is 1. The number of aliphatic hydroxyl groups is 1. The van der Waals surface area contributed by atoms with Crippen molar-refractivity contribution in [1.82, 2.24) is 10.3 Å². The second kappa shape index (κ2) is 5.59. The second-order valence-corrected chi connectivity index (χ2v) is 3.53. The lowest BCUT2D eigenvalue weighted by atomic mass is 10.3. The summed E-state index contributed by atoms with van der Waals surface area (Å²) in [5, 5.41) is 21.8. The number of hydrogen-bond donors (Lipinski definition) is 4. The Morgan fingerprint density at radius 3 is 2.81 bits per heavy atom. The van der Waals surface area contributed by atoms with E-state index in [-0.39, 0.29) is 22.6 Å². The minimum absolute atomic E-state index is 0.126. The Kier molecular flexibility index (Phi) is 4.41. The molecule has 0 saturated heterocycles. The third-order valence-electron chi connectivity index (χ3n) is 1.53. The number of pyridine rings is 1. The summed E-state index contributed by atoms with van der Waals surface area (Å²) in [6.07, 6.45) is 0.123. The van der Waals surface area contributed by atoms with Gasteiger partial charge in [-0.25, -0.2) is 9.78 Å². The number of nitrogens with one attached hydrogen (secondary N) is 2. The van der Waals surface area contributed by atoms with Gasteiger partial charge in [-0.15, -0.1) is 0 Å². The molecular weight excluding hydrogens is 254 g/mol. The van der Waals surface area contributed by atoms with Crippen LogP contribution < -0.4 is 10.6 Å². The highest BCUT2D eigenvalue weighted by Gasteiger charge is 2.06. The number of amides is 1. The van der Waals surface area contributed by atoms with Crippen molar-refractivity contribution < 1.29 is 15.0 Å². The van der Waals surface area contributed by atoms with E-state index in [1.807, 2.05) is 5.32 Å². The minimum atomic E-state index is -1.28. The van der Waals surface area contributed by atoms with E-state index in [0.717, 1.165) is 0 Å². The van der Waals surface area contributed by atoms with Crippen molar-refractivity contribution in [2.24, 2.45) is 0 Å². The molecule has 1 rings (SSSR count). The standard InChI is InChI=1S/C8H8ClN3O3S/c9-5-1-4(3-13)2-10-6(5)11-7(16)12-8(14)15/h1-2,13H,3H2,(H,14,15)(H2,10,11,12,16). The molecule has 1 amide bonds. The molecule has 0 aliphatic carbocycles. The first-order chi connectivity index (χ1) is 7.52. The van der Waals surface area contributed by atoms with E-state index in [4.69, 9.17) is 21.8 Å². The fraction of sp³-hybridized carbons (Fsp3) is 0.125. The van der Waals surface area contributed by atoms with Crippen LogP contribution in [0.5, 0.6) is 0 Å². The van der Waals surface area contributed by atoms with Gasteiger partial charge in [0.25, 0.3) is 0 Å². The molecule has 86 valence electrons. The molecule has 0 saturated carbocycles. The largest absolute Gasteiger partial charge is 0.465 e. The molecule has 1 aromatic rings. The SMILES string of the molecule is O=C(O)NC(=S)Nc1ncc(CO)cc1Cl. The third kappa shape index (κ3) is 3.61. The van der Waals surface area contributed by atoms with Gasteiger partial charge in [0.2, 0.25) is 0 Å². The van der Waals surface area contributed by atoms with E-state index in [2.05, 4.69) is 22.5 Å². The summed E-state index contributed by atoms with van der Waals surface area (Å²) in [5.74, 6) is 0.220. The summed E-state index contributed by atoms with van der Waals surface area (Å²) in [7, 11) is 0. The Labute approximate surface area is 101 Å². The summed E-state index contributed by atoms with van der Waals surface area (Å²) in [6.45, 7) is -0.176. The summed E-state index contributed by atoms with van der Waals surface area (Å²) in [5.41, 5.74) is 0.549. The highest BCUT2D eigenvalue weighted by molar-refractivity contribution is 7.80. The monoisotopic (exact) mass is 261 g/mol. The molecule has 1 heterocycles. The predicted octanol–water partition coefficient (Wildman–Crippen LogP) is 1.19. The van der Waals surface area contributed by atoms with Crippen molar-refractivity contribution in [3.63, 3.8) is 0 Å².